The van der Waals surface area contributed by atoms with Gasteiger partial charge in [-0.25, -0.2) is 4.79 Å². The highest BCUT2D eigenvalue weighted by Gasteiger charge is 2.23. The number of hydrogen-bond donors (Lipinski definition) is 2. The van der Waals surface area contributed by atoms with Crippen LogP contribution < -0.4 is 5.32 Å². The van der Waals surface area contributed by atoms with Crippen LogP contribution in [0.15, 0.2) is 30.5 Å². The fourth-order valence-corrected chi connectivity index (χ4v) is 3.05. The highest BCUT2D eigenvalue weighted by atomic mass is 16.4. The number of carbonyl (C=O) groups excluding carboxylic acids is 1. The number of carboxylic acid groups (broad SMARTS) is 1. The number of aromatic nitrogens is 4. The molecule has 0 saturated carbocycles. The van der Waals surface area contributed by atoms with E-state index in [0.717, 1.165) is 17.5 Å². The van der Waals surface area contributed by atoms with Crippen molar-refractivity contribution in [2.24, 2.45) is 7.05 Å². The number of benzene rings is 1. The van der Waals surface area contributed by atoms with Crippen molar-refractivity contribution in [3.8, 4) is 0 Å². The van der Waals surface area contributed by atoms with E-state index in [-0.39, 0.29) is 11.3 Å². The highest BCUT2D eigenvalue weighted by molar-refractivity contribution is 6.09. The quantitative estimate of drug-likeness (QED) is 0.721. The lowest BCUT2D eigenvalue weighted by atomic mass is 10.1. The molecule has 27 heavy (non-hydrogen) atoms. The molecule has 3 rings (SSSR count). The standard InChI is InChI=1S/C19H21N5O3/c1-11-6-5-7-14(8-11)10-24-13(3)16(12(2)22-24)21-18(25)17-15(19(26)27)9-20-23(17)4/h5-9H,10H2,1-4H3,(H,21,25)(H,26,27). The smallest absolute Gasteiger partial charge is 0.339 e. The third-order valence-corrected chi connectivity index (χ3v) is 4.42. The van der Waals surface area contributed by atoms with Crippen molar-refractivity contribution in [1.82, 2.24) is 19.6 Å². The molecule has 0 aliphatic rings. The van der Waals surface area contributed by atoms with Gasteiger partial charge < -0.3 is 10.4 Å². The van der Waals surface area contributed by atoms with E-state index in [1.165, 1.54) is 17.3 Å². The van der Waals surface area contributed by atoms with Crippen molar-refractivity contribution in [3.63, 3.8) is 0 Å². The monoisotopic (exact) mass is 367 g/mol. The molecule has 0 bridgehead atoms. The normalized spacial score (nSPS) is 10.8. The van der Waals surface area contributed by atoms with E-state index in [1.54, 1.807) is 6.92 Å². The summed E-state index contributed by atoms with van der Waals surface area (Å²) in [5.41, 5.74) is 4.16. The van der Waals surface area contributed by atoms with Crippen LogP contribution in [0, 0.1) is 20.8 Å². The minimum absolute atomic E-state index is 0.00673. The summed E-state index contributed by atoms with van der Waals surface area (Å²) in [5, 5.41) is 20.4. The molecule has 8 nitrogen and oxygen atoms in total. The average Bonchev–Trinajstić information content (AvgIpc) is 3.10. The van der Waals surface area contributed by atoms with Crippen LogP contribution in [0.5, 0.6) is 0 Å². The van der Waals surface area contributed by atoms with Crippen LogP contribution in [0.4, 0.5) is 5.69 Å². The Morgan fingerprint density at radius 2 is 1.96 bits per heavy atom. The lowest BCUT2D eigenvalue weighted by molar-refractivity contribution is 0.0692. The third-order valence-electron chi connectivity index (χ3n) is 4.42. The fourth-order valence-electron chi connectivity index (χ4n) is 3.05. The van der Waals surface area contributed by atoms with Gasteiger partial charge in [0.25, 0.3) is 5.91 Å². The van der Waals surface area contributed by atoms with E-state index >= 15 is 0 Å². The number of aromatic carboxylic acids is 1. The van der Waals surface area contributed by atoms with Crippen LogP contribution in [-0.2, 0) is 13.6 Å². The molecule has 2 aromatic heterocycles. The lowest BCUT2D eigenvalue weighted by Crippen LogP contribution is -2.20. The first kappa shape index (κ1) is 18.4. The first-order chi connectivity index (χ1) is 12.8. The van der Waals surface area contributed by atoms with Gasteiger partial charge in [-0.3, -0.25) is 14.2 Å². The predicted octanol–water partition coefficient (Wildman–Crippen LogP) is 2.54. The number of carbonyl (C=O) groups is 2. The molecule has 0 aliphatic heterocycles. The third kappa shape index (κ3) is 3.59. The molecule has 8 heteroatoms. The van der Waals surface area contributed by atoms with Crippen LogP contribution in [0.3, 0.4) is 0 Å². The van der Waals surface area contributed by atoms with Crippen molar-refractivity contribution < 1.29 is 14.7 Å². The fraction of sp³-hybridized carbons (Fsp3) is 0.263. The summed E-state index contributed by atoms with van der Waals surface area (Å²) < 4.78 is 3.07. The molecule has 2 heterocycles. The molecular formula is C19H21N5O3. The van der Waals surface area contributed by atoms with Gasteiger partial charge in [0, 0.05) is 7.05 Å². The molecule has 2 N–H and O–H groups in total. The van der Waals surface area contributed by atoms with E-state index in [2.05, 4.69) is 21.6 Å². The number of hydrogen-bond acceptors (Lipinski definition) is 4. The minimum Gasteiger partial charge on any atom is -0.478 e. The Bertz CT molecular complexity index is 1030. The van der Waals surface area contributed by atoms with Gasteiger partial charge in [-0.05, 0) is 26.3 Å². The van der Waals surface area contributed by atoms with Crippen LogP contribution in [0.1, 0.15) is 43.4 Å². The summed E-state index contributed by atoms with van der Waals surface area (Å²) in [5.74, 6) is -1.73. The zero-order valence-corrected chi connectivity index (χ0v) is 15.6. The van der Waals surface area contributed by atoms with E-state index in [1.807, 2.05) is 36.7 Å². The Morgan fingerprint density at radius 3 is 2.63 bits per heavy atom. The minimum atomic E-state index is -1.20. The first-order valence-electron chi connectivity index (χ1n) is 8.44. The van der Waals surface area contributed by atoms with Crippen LogP contribution in [0.25, 0.3) is 0 Å². The number of anilines is 1. The number of carboxylic acids is 1. The van der Waals surface area contributed by atoms with Gasteiger partial charge in [0.15, 0.2) is 0 Å². The van der Waals surface area contributed by atoms with Gasteiger partial charge in [0.2, 0.25) is 0 Å². The second kappa shape index (κ2) is 7.06. The molecule has 140 valence electrons. The molecule has 0 fully saturated rings. The van der Waals surface area contributed by atoms with Crippen LogP contribution in [-0.4, -0.2) is 36.5 Å². The molecule has 1 amide bonds. The summed E-state index contributed by atoms with van der Waals surface area (Å²) in [6.07, 6.45) is 1.16. The van der Waals surface area contributed by atoms with Crippen molar-refractivity contribution in [2.75, 3.05) is 5.32 Å². The van der Waals surface area contributed by atoms with Crippen LogP contribution >= 0.6 is 0 Å². The van der Waals surface area contributed by atoms with E-state index in [4.69, 9.17) is 0 Å². The second-order valence-electron chi connectivity index (χ2n) is 6.48. The SMILES string of the molecule is Cc1cccc(Cn2nc(C)c(NC(=O)c3c(C(=O)O)cnn3C)c2C)c1. The zero-order chi connectivity index (χ0) is 19.7. The highest BCUT2D eigenvalue weighted by Crippen LogP contribution is 2.22. The van der Waals surface area contributed by atoms with E-state index in [9.17, 15) is 14.7 Å². The van der Waals surface area contributed by atoms with Gasteiger partial charge in [-0.15, -0.1) is 0 Å². The Labute approximate surface area is 156 Å². The predicted molar refractivity (Wildman–Crippen MR) is 100 cm³/mol. The zero-order valence-electron chi connectivity index (χ0n) is 15.6. The second-order valence-corrected chi connectivity index (χ2v) is 6.48. The maximum absolute atomic E-state index is 12.7. The van der Waals surface area contributed by atoms with E-state index in [0.29, 0.717) is 17.9 Å². The molecule has 0 saturated heterocycles. The lowest BCUT2D eigenvalue weighted by Gasteiger charge is -2.08. The van der Waals surface area contributed by atoms with Crippen molar-refractivity contribution in [3.05, 3.63) is 64.2 Å². The van der Waals surface area contributed by atoms with Crippen molar-refractivity contribution in [1.29, 1.82) is 0 Å². The Morgan fingerprint density at radius 1 is 1.22 bits per heavy atom. The maximum atomic E-state index is 12.7. The Kier molecular flexibility index (Phi) is 4.81. The van der Waals surface area contributed by atoms with Gasteiger partial charge in [0.1, 0.15) is 11.3 Å². The van der Waals surface area contributed by atoms with Gasteiger partial charge >= 0.3 is 5.97 Å². The molecule has 3 aromatic rings. The Balaban J connectivity index is 1.88. The molecule has 1 aromatic carbocycles. The molecule has 0 unspecified atom stereocenters. The molecule has 0 aliphatic carbocycles. The van der Waals surface area contributed by atoms with Crippen molar-refractivity contribution in [2.45, 2.75) is 27.3 Å². The molecule has 0 atom stereocenters. The summed E-state index contributed by atoms with van der Waals surface area (Å²) in [6, 6.07) is 8.14. The topological polar surface area (TPSA) is 102 Å². The number of rotatable bonds is 5. The molecular weight excluding hydrogens is 346 g/mol. The number of nitrogens with zero attached hydrogens (tertiary/aromatic N) is 4. The van der Waals surface area contributed by atoms with Gasteiger partial charge in [0.05, 0.1) is 29.8 Å². The molecule has 0 radical (unpaired) electrons. The molecule has 0 spiro atoms. The van der Waals surface area contributed by atoms with Gasteiger partial charge in [-0.2, -0.15) is 10.2 Å². The maximum Gasteiger partial charge on any atom is 0.339 e. The Hall–Kier alpha value is -3.42. The first-order valence-corrected chi connectivity index (χ1v) is 8.44. The number of nitrogens with one attached hydrogen (secondary N) is 1. The summed E-state index contributed by atoms with van der Waals surface area (Å²) in [6.45, 7) is 6.28. The number of amides is 1. The van der Waals surface area contributed by atoms with Crippen LogP contribution in [0.2, 0.25) is 0 Å². The number of aryl methyl sites for hydroxylation is 3. The summed E-state index contributed by atoms with van der Waals surface area (Å²) in [4.78, 5) is 24.0. The van der Waals surface area contributed by atoms with Crippen molar-refractivity contribution >= 4 is 17.6 Å². The summed E-state index contributed by atoms with van der Waals surface area (Å²) in [7, 11) is 1.53. The average molecular weight is 367 g/mol. The summed E-state index contributed by atoms with van der Waals surface area (Å²) >= 11 is 0. The van der Waals surface area contributed by atoms with Gasteiger partial charge in [-0.1, -0.05) is 29.8 Å². The largest absolute Gasteiger partial charge is 0.478 e. The van der Waals surface area contributed by atoms with E-state index < -0.39 is 11.9 Å².